The number of nitrogens with zero attached hydrogens (tertiary/aromatic N) is 5. The fourth-order valence-corrected chi connectivity index (χ4v) is 3.24. The number of para-hydroxylation sites is 1. The van der Waals surface area contributed by atoms with Gasteiger partial charge in [-0.25, -0.2) is 0 Å². The molecule has 0 unspecified atom stereocenters. The van der Waals surface area contributed by atoms with Crippen molar-refractivity contribution < 1.29 is 0 Å². The number of aromatic nitrogens is 4. The van der Waals surface area contributed by atoms with E-state index in [0.29, 0.717) is 0 Å². The molecule has 2 aromatic rings. The molecule has 0 bridgehead atoms. The molecule has 0 aliphatic carbocycles. The summed E-state index contributed by atoms with van der Waals surface area (Å²) in [6.45, 7) is 4.56. The molecule has 1 saturated heterocycles. The van der Waals surface area contributed by atoms with Gasteiger partial charge in [-0.15, -0.1) is 17.5 Å². The van der Waals surface area contributed by atoms with E-state index in [1.54, 1.807) is 0 Å². The minimum Gasteiger partial charge on any atom is -0.320 e. The molecule has 24 heavy (non-hydrogen) atoms. The van der Waals surface area contributed by atoms with Crippen LogP contribution in [0.15, 0.2) is 30.3 Å². The van der Waals surface area contributed by atoms with Crippen molar-refractivity contribution in [2.24, 2.45) is 5.92 Å². The molecule has 0 amide bonds. The summed E-state index contributed by atoms with van der Waals surface area (Å²) in [6, 6.07) is 10.1. The number of piperidine rings is 1. The molecule has 0 saturated carbocycles. The van der Waals surface area contributed by atoms with Crippen molar-refractivity contribution in [3.8, 4) is 5.69 Å². The van der Waals surface area contributed by atoms with Crippen molar-refractivity contribution in [2.75, 3.05) is 33.2 Å². The van der Waals surface area contributed by atoms with Crippen LogP contribution in [-0.4, -0.2) is 58.3 Å². The quantitative estimate of drug-likeness (QED) is 0.827. The fraction of sp³-hybridized carbons (Fsp3) is 0.588. The second-order valence-corrected chi connectivity index (χ2v) is 6.27. The summed E-state index contributed by atoms with van der Waals surface area (Å²) in [4.78, 5) is 2.54. The average molecular weight is 351 g/mol. The number of tetrazole rings is 1. The van der Waals surface area contributed by atoms with Crippen LogP contribution in [0.2, 0.25) is 0 Å². The Labute approximate surface area is 150 Å². The lowest BCUT2D eigenvalue weighted by Gasteiger charge is -2.31. The normalized spacial score (nSPS) is 16.0. The monoisotopic (exact) mass is 350 g/mol. The third-order valence-corrected chi connectivity index (χ3v) is 4.70. The first-order chi connectivity index (χ1) is 11.4. The van der Waals surface area contributed by atoms with E-state index in [4.69, 9.17) is 0 Å². The predicted molar refractivity (Wildman–Crippen MR) is 97.8 cm³/mol. The van der Waals surface area contributed by atoms with Crippen molar-refractivity contribution in [1.29, 1.82) is 0 Å². The number of halogens is 1. The highest BCUT2D eigenvalue weighted by atomic mass is 35.5. The second-order valence-electron chi connectivity index (χ2n) is 6.27. The Kier molecular flexibility index (Phi) is 7.62. The van der Waals surface area contributed by atoms with Gasteiger partial charge in [0.25, 0.3) is 0 Å². The van der Waals surface area contributed by atoms with E-state index in [2.05, 4.69) is 25.7 Å². The summed E-state index contributed by atoms with van der Waals surface area (Å²) in [5.74, 6) is 1.82. The molecule has 1 aromatic heterocycles. The van der Waals surface area contributed by atoms with Crippen LogP contribution in [0.5, 0.6) is 0 Å². The van der Waals surface area contributed by atoms with Crippen molar-refractivity contribution in [1.82, 2.24) is 30.4 Å². The lowest BCUT2D eigenvalue weighted by atomic mass is 9.93. The van der Waals surface area contributed by atoms with Gasteiger partial charge in [0.05, 0.1) is 5.69 Å². The number of benzene rings is 1. The van der Waals surface area contributed by atoms with Crippen molar-refractivity contribution in [3.63, 3.8) is 0 Å². The largest absolute Gasteiger partial charge is 0.320 e. The molecule has 1 aliphatic rings. The van der Waals surface area contributed by atoms with E-state index in [-0.39, 0.29) is 12.4 Å². The third-order valence-electron chi connectivity index (χ3n) is 4.70. The molecular weight excluding hydrogens is 324 g/mol. The molecule has 0 spiro atoms. The Morgan fingerprint density at radius 3 is 2.62 bits per heavy atom. The van der Waals surface area contributed by atoms with Gasteiger partial charge in [-0.05, 0) is 74.4 Å². The van der Waals surface area contributed by atoms with Crippen LogP contribution in [-0.2, 0) is 6.42 Å². The van der Waals surface area contributed by atoms with Gasteiger partial charge >= 0.3 is 0 Å². The van der Waals surface area contributed by atoms with Crippen LogP contribution in [0.3, 0.4) is 0 Å². The summed E-state index contributed by atoms with van der Waals surface area (Å²) < 4.78 is 1.85. The molecule has 0 radical (unpaired) electrons. The smallest absolute Gasteiger partial charge is 0.157 e. The molecule has 1 aliphatic heterocycles. The Bertz CT molecular complexity index is 580. The van der Waals surface area contributed by atoms with E-state index in [9.17, 15) is 0 Å². The van der Waals surface area contributed by atoms with Crippen LogP contribution in [0.25, 0.3) is 5.69 Å². The second kappa shape index (κ2) is 9.71. The van der Waals surface area contributed by atoms with Crippen molar-refractivity contribution >= 4 is 12.4 Å². The van der Waals surface area contributed by atoms with E-state index in [1.807, 2.05) is 42.1 Å². The third kappa shape index (κ3) is 5.00. The molecule has 1 N–H and O–H groups in total. The standard InChI is InChI=1S/C17H26N6.ClH/c1-18-11-7-15-8-12-22(13-9-15)14-10-17-19-20-21-23(17)16-5-3-2-4-6-16;/h2-6,15,18H,7-14H2,1H3;1H. The number of nitrogens with one attached hydrogen (secondary N) is 1. The highest BCUT2D eigenvalue weighted by molar-refractivity contribution is 5.85. The minimum atomic E-state index is 0. The lowest BCUT2D eigenvalue weighted by Crippen LogP contribution is -2.36. The summed E-state index contributed by atoms with van der Waals surface area (Å²) in [5.41, 5.74) is 1.03. The number of likely N-dealkylation sites (tertiary alicyclic amines) is 1. The number of rotatable bonds is 7. The maximum atomic E-state index is 4.20. The topological polar surface area (TPSA) is 58.9 Å². The van der Waals surface area contributed by atoms with Gasteiger partial charge in [-0.1, -0.05) is 18.2 Å². The van der Waals surface area contributed by atoms with E-state index in [1.165, 1.54) is 32.4 Å². The molecule has 3 rings (SSSR count). The zero-order valence-electron chi connectivity index (χ0n) is 14.3. The molecule has 0 atom stereocenters. The summed E-state index contributed by atoms with van der Waals surface area (Å²) >= 11 is 0. The SMILES string of the molecule is CNCCC1CCN(CCc2nnnn2-c2ccccc2)CC1.Cl. The van der Waals surface area contributed by atoms with E-state index >= 15 is 0 Å². The van der Waals surface area contributed by atoms with Crippen molar-refractivity contribution in [3.05, 3.63) is 36.2 Å². The highest BCUT2D eigenvalue weighted by Crippen LogP contribution is 2.20. The van der Waals surface area contributed by atoms with Gasteiger partial charge in [0.2, 0.25) is 0 Å². The summed E-state index contributed by atoms with van der Waals surface area (Å²) in [5, 5.41) is 15.4. The predicted octanol–water partition coefficient (Wildman–Crippen LogP) is 1.95. The van der Waals surface area contributed by atoms with E-state index in [0.717, 1.165) is 36.9 Å². The zero-order valence-corrected chi connectivity index (χ0v) is 15.1. The van der Waals surface area contributed by atoms with Gasteiger partial charge in [-0.2, -0.15) is 4.68 Å². The molecule has 7 heteroatoms. The van der Waals surface area contributed by atoms with E-state index < -0.39 is 0 Å². The molecule has 132 valence electrons. The van der Waals surface area contributed by atoms with Crippen LogP contribution in [0.4, 0.5) is 0 Å². The van der Waals surface area contributed by atoms with Crippen LogP contribution >= 0.6 is 12.4 Å². The van der Waals surface area contributed by atoms with Crippen LogP contribution in [0, 0.1) is 5.92 Å². The number of hydrogen-bond donors (Lipinski definition) is 1. The Morgan fingerprint density at radius 1 is 1.17 bits per heavy atom. The first kappa shape index (κ1) is 18.8. The fourth-order valence-electron chi connectivity index (χ4n) is 3.24. The highest BCUT2D eigenvalue weighted by Gasteiger charge is 2.19. The molecule has 1 fully saturated rings. The Hall–Kier alpha value is -1.50. The molecule has 2 heterocycles. The first-order valence-electron chi connectivity index (χ1n) is 8.56. The first-order valence-corrected chi connectivity index (χ1v) is 8.56. The molecular formula is C17H27ClN6. The van der Waals surface area contributed by atoms with Crippen molar-refractivity contribution in [2.45, 2.75) is 25.7 Å². The van der Waals surface area contributed by atoms with Gasteiger partial charge in [-0.3, -0.25) is 0 Å². The van der Waals surface area contributed by atoms with Gasteiger partial charge in [0.15, 0.2) is 5.82 Å². The summed E-state index contributed by atoms with van der Waals surface area (Å²) in [6.07, 6.45) is 4.82. The molecule has 1 aromatic carbocycles. The zero-order chi connectivity index (χ0) is 15.9. The lowest BCUT2D eigenvalue weighted by molar-refractivity contribution is 0.180. The maximum Gasteiger partial charge on any atom is 0.157 e. The summed E-state index contributed by atoms with van der Waals surface area (Å²) in [7, 11) is 2.03. The molecule has 6 nitrogen and oxygen atoms in total. The van der Waals surface area contributed by atoms with Gasteiger partial charge in [0, 0.05) is 13.0 Å². The minimum absolute atomic E-state index is 0. The average Bonchev–Trinajstić information content (AvgIpc) is 3.08. The number of hydrogen-bond acceptors (Lipinski definition) is 5. The van der Waals surface area contributed by atoms with Gasteiger partial charge in [0.1, 0.15) is 0 Å². The maximum absolute atomic E-state index is 4.20. The Balaban J connectivity index is 0.00000208. The van der Waals surface area contributed by atoms with Gasteiger partial charge < -0.3 is 10.2 Å². The van der Waals surface area contributed by atoms with Crippen LogP contribution < -0.4 is 5.32 Å². The Morgan fingerprint density at radius 2 is 1.92 bits per heavy atom. The van der Waals surface area contributed by atoms with Crippen LogP contribution in [0.1, 0.15) is 25.1 Å².